The average molecular weight is 618 g/mol. The predicted octanol–water partition coefficient (Wildman–Crippen LogP) is 2.47. The van der Waals surface area contributed by atoms with Crippen LogP contribution in [0.4, 0.5) is 10.5 Å². The topological polar surface area (TPSA) is 159 Å². The summed E-state index contributed by atoms with van der Waals surface area (Å²) in [5.74, 6) is -2.22. The number of benzene rings is 2. The first-order valence-corrected chi connectivity index (χ1v) is 14.9. The summed E-state index contributed by atoms with van der Waals surface area (Å²) in [6, 6.07) is 15.0. The smallest absolute Gasteiger partial charge is 0.409 e. The Balaban J connectivity index is 1.30. The molecule has 0 bridgehead atoms. The zero-order valence-electron chi connectivity index (χ0n) is 24.9. The first-order chi connectivity index (χ1) is 21.7. The van der Waals surface area contributed by atoms with Gasteiger partial charge in [0, 0.05) is 56.3 Å². The van der Waals surface area contributed by atoms with Gasteiger partial charge in [0.05, 0.1) is 12.1 Å². The number of aliphatic carboxylic acids is 1. The normalized spacial score (nSPS) is 14.9. The van der Waals surface area contributed by atoms with Crippen LogP contribution in [0, 0.1) is 0 Å². The molecule has 0 spiro atoms. The number of carbonyl (C=O) groups excluding carboxylic acids is 4. The Kier molecular flexibility index (Phi) is 9.76. The molecule has 2 aromatic carbocycles. The minimum Gasteiger partial charge on any atom is -0.483 e. The quantitative estimate of drug-likeness (QED) is 0.349. The highest BCUT2D eigenvalue weighted by Gasteiger charge is 2.31. The van der Waals surface area contributed by atoms with Crippen LogP contribution in [0.5, 0.6) is 5.75 Å². The van der Waals surface area contributed by atoms with E-state index in [-0.39, 0.29) is 69.6 Å². The molecule has 1 atom stereocenters. The second kappa shape index (κ2) is 14.1. The van der Waals surface area contributed by atoms with Crippen molar-refractivity contribution < 1.29 is 38.6 Å². The lowest BCUT2D eigenvalue weighted by atomic mass is 10.1. The van der Waals surface area contributed by atoms with Crippen molar-refractivity contribution in [3.8, 4) is 5.75 Å². The molecule has 2 aliphatic heterocycles. The molecule has 1 aromatic heterocycles. The lowest BCUT2D eigenvalue weighted by molar-refractivity contribution is -0.138. The molecule has 3 heterocycles. The highest BCUT2D eigenvalue weighted by Crippen LogP contribution is 2.29. The van der Waals surface area contributed by atoms with Crippen molar-refractivity contribution in [2.75, 3.05) is 50.8 Å². The number of hydrogen-bond donors (Lipinski definition) is 2. The van der Waals surface area contributed by atoms with Gasteiger partial charge in [-0.1, -0.05) is 30.3 Å². The van der Waals surface area contributed by atoms with E-state index in [1.54, 1.807) is 36.1 Å². The van der Waals surface area contributed by atoms with E-state index < -0.39 is 29.9 Å². The van der Waals surface area contributed by atoms with Crippen LogP contribution in [0.2, 0.25) is 0 Å². The molecule has 0 aliphatic carbocycles. The van der Waals surface area contributed by atoms with Crippen LogP contribution in [0.3, 0.4) is 0 Å². The van der Waals surface area contributed by atoms with Crippen molar-refractivity contribution in [3.05, 3.63) is 65.9 Å². The van der Waals surface area contributed by atoms with Gasteiger partial charge in [0.1, 0.15) is 17.5 Å². The number of amides is 4. The molecule has 236 valence electrons. The molecule has 13 heteroatoms. The number of piperazine rings is 1. The fraction of sp³-hybridized carbons (Fsp3) is 0.375. The van der Waals surface area contributed by atoms with Gasteiger partial charge in [0.15, 0.2) is 6.61 Å². The molecule has 45 heavy (non-hydrogen) atoms. The zero-order valence-corrected chi connectivity index (χ0v) is 24.9. The standard InChI is InChI=1S/C32H35N5O8/c1-2-44-32(43)36-17-15-35(16-18-36)31(42)24(11-12-29(39)40)34-30(41)25-19-27(22-8-4-5-9-23(22)33-25)45-20-28(38)37-14-13-21-7-3-6-10-26(21)37/h3-10,19,24H,2,11-18,20H2,1H3,(H,34,41)(H,39,40)/t24-/m0/s1. The summed E-state index contributed by atoms with van der Waals surface area (Å²) in [5, 5.41) is 12.5. The largest absolute Gasteiger partial charge is 0.483 e. The van der Waals surface area contributed by atoms with E-state index in [2.05, 4.69) is 10.3 Å². The van der Waals surface area contributed by atoms with Crippen molar-refractivity contribution >= 4 is 46.4 Å². The summed E-state index contributed by atoms with van der Waals surface area (Å²) in [6.45, 7) is 3.15. The molecule has 13 nitrogen and oxygen atoms in total. The Morgan fingerprint density at radius 1 is 0.956 bits per heavy atom. The van der Waals surface area contributed by atoms with Crippen LogP contribution >= 0.6 is 0 Å². The van der Waals surface area contributed by atoms with E-state index in [4.69, 9.17) is 9.47 Å². The minimum atomic E-state index is -1.14. The molecule has 2 N–H and O–H groups in total. The monoisotopic (exact) mass is 617 g/mol. The number of ether oxygens (including phenoxy) is 2. The Bertz CT molecular complexity index is 1600. The maximum absolute atomic E-state index is 13.5. The number of fused-ring (bicyclic) bond motifs is 2. The number of anilines is 1. The summed E-state index contributed by atoms with van der Waals surface area (Å²) in [5.41, 5.74) is 2.34. The summed E-state index contributed by atoms with van der Waals surface area (Å²) >= 11 is 0. The van der Waals surface area contributed by atoms with Crippen molar-refractivity contribution in [2.24, 2.45) is 0 Å². The van der Waals surface area contributed by atoms with E-state index in [1.165, 1.54) is 15.9 Å². The molecule has 4 amide bonds. The second-order valence-electron chi connectivity index (χ2n) is 10.7. The highest BCUT2D eigenvalue weighted by atomic mass is 16.6. The van der Waals surface area contributed by atoms with Gasteiger partial charge >= 0.3 is 12.1 Å². The number of rotatable bonds is 10. The third-order valence-corrected chi connectivity index (χ3v) is 7.82. The predicted molar refractivity (Wildman–Crippen MR) is 163 cm³/mol. The van der Waals surface area contributed by atoms with Gasteiger partial charge in [-0.05, 0) is 43.5 Å². The maximum Gasteiger partial charge on any atom is 0.409 e. The van der Waals surface area contributed by atoms with Crippen LogP contribution in [-0.2, 0) is 25.5 Å². The Labute approximate surface area is 259 Å². The summed E-state index contributed by atoms with van der Waals surface area (Å²) in [4.78, 5) is 72.6. The Hall–Kier alpha value is -5.20. The zero-order chi connectivity index (χ0) is 31.9. The first kappa shape index (κ1) is 31.2. The van der Waals surface area contributed by atoms with Crippen LogP contribution in [-0.4, -0.2) is 102 Å². The fourth-order valence-corrected chi connectivity index (χ4v) is 5.50. The number of carboxylic acid groups (broad SMARTS) is 1. The van der Waals surface area contributed by atoms with E-state index in [1.807, 2.05) is 24.3 Å². The van der Waals surface area contributed by atoms with Crippen molar-refractivity contribution in [1.82, 2.24) is 20.1 Å². The molecule has 0 saturated carbocycles. The van der Waals surface area contributed by atoms with Gasteiger partial charge in [-0.15, -0.1) is 0 Å². The van der Waals surface area contributed by atoms with Crippen LogP contribution < -0.4 is 15.0 Å². The number of carbonyl (C=O) groups is 5. The summed E-state index contributed by atoms with van der Waals surface area (Å²) in [6.07, 6.45) is -0.193. The van der Waals surface area contributed by atoms with Crippen LogP contribution in [0.25, 0.3) is 10.9 Å². The number of pyridine rings is 1. The summed E-state index contributed by atoms with van der Waals surface area (Å²) < 4.78 is 11.0. The molecule has 0 radical (unpaired) electrons. The van der Waals surface area contributed by atoms with E-state index >= 15 is 0 Å². The number of aromatic nitrogens is 1. The van der Waals surface area contributed by atoms with E-state index in [9.17, 15) is 29.1 Å². The van der Waals surface area contributed by atoms with Gasteiger partial charge in [0.25, 0.3) is 11.8 Å². The number of para-hydroxylation sites is 2. The number of nitrogens with one attached hydrogen (secondary N) is 1. The van der Waals surface area contributed by atoms with E-state index in [0.29, 0.717) is 17.4 Å². The van der Waals surface area contributed by atoms with Gasteiger partial charge < -0.3 is 34.6 Å². The second-order valence-corrected chi connectivity index (χ2v) is 10.7. The van der Waals surface area contributed by atoms with Crippen molar-refractivity contribution in [2.45, 2.75) is 32.2 Å². The third kappa shape index (κ3) is 7.31. The molecule has 1 fully saturated rings. The SMILES string of the molecule is CCOC(=O)N1CCN(C(=O)[C@H](CCC(=O)O)NC(=O)c2cc(OCC(=O)N3CCc4ccccc43)c3ccccc3n2)CC1. The minimum absolute atomic E-state index is 0.0528. The molecule has 1 saturated heterocycles. The van der Waals surface area contributed by atoms with Crippen molar-refractivity contribution in [1.29, 1.82) is 0 Å². The first-order valence-electron chi connectivity index (χ1n) is 14.9. The molecule has 0 unspecified atom stereocenters. The molecule has 5 rings (SSSR count). The Morgan fingerprint density at radius 3 is 2.42 bits per heavy atom. The van der Waals surface area contributed by atoms with Gasteiger partial charge in [-0.3, -0.25) is 19.2 Å². The fourth-order valence-electron chi connectivity index (χ4n) is 5.50. The van der Waals surface area contributed by atoms with Crippen LogP contribution in [0.15, 0.2) is 54.6 Å². The van der Waals surface area contributed by atoms with Crippen molar-refractivity contribution in [3.63, 3.8) is 0 Å². The van der Waals surface area contributed by atoms with Crippen LogP contribution in [0.1, 0.15) is 35.8 Å². The third-order valence-electron chi connectivity index (χ3n) is 7.82. The molecule has 3 aromatic rings. The lowest BCUT2D eigenvalue weighted by Gasteiger charge is -2.35. The maximum atomic E-state index is 13.5. The van der Waals surface area contributed by atoms with Gasteiger partial charge in [0.2, 0.25) is 5.91 Å². The number of carboxylic acids is 1. The van der Waals surface area contributed by atoms with E-state index in [0.717, 1.165) is 17.7 Å². The van der Waals surface area contributed by atoms with Gasteiger partial charge in [-0.2, -0.15) is 0 Å². The average Bonchev–Trinajstić information content (AvgIpc) is 3.49. The summed E-state index contributed by atoms with van der Waals surface area (Å²) in [7, 11) is 0. The van der Waals surface area contributed by atoms with Gasteiger partial charge in [-0.25, -0.2) is 9.78 Å². The number of hydrogen-bond acceptors (Lipinski definition) is 8. The molecule has 2 aliphatic rings. The highest BCUT2D eigenvalue weighted by molar-refractivity contribution is 6.00. The Morgan fingerprint density at radius 2 is 1.67 bits per heavy atom. The molecular formula is C32H35N5O8. The molecular weight excluding hydrogens is 582 g/mol. The lowest BCUT2D eigenvalue weighted by Crippen LogP contribution is -2.56. The number of nitrogens with zero attached hydrogens (tertiary/aromatic N) is 4.